The van der Waals surface area contributed by atoms with E-state index in [4.69, 9.17) is 16.3 Å². The number of hydrogen-bond acceptors (Lipinski definition) is 7. The zero-order valence-electron chi connectivity index (χ0n) is 19.4. The van der Waals surface area contributed by atoms with Gasteiger partial charge >= 0.3 is 0 Å². The molecule has 1 amide bonds. The predicted octanol–water partition coefficient (Wildman–Crippen LogP) is 5.35. The first-order valence-electron chi connectivity index (χ1n) is 11.1. The van der Waals surface area contributed by atoms with Crippen molar-refractivity contribution in [1.82, 2.24) is 15.3 Å². The highest BCUT2D eigenvalue weighted by molar-refractivity contribution is 6.33. The number of nitrogens with one attached hydrogen (secondary N) is 3. The van der Waals surface area contributed by atoms with Crippen LogP contribution >= 0.6 is 11.6 Å². The summed E-state index contributed by atoms with van der Waals surface area (Å²) < 4.78 is 19.6. The van der Waals surface area contributed by atoms with Gasteiger partial charge in [0, 0.05) is 61.0 Å². The Kier molecular flexibility index (Phi) is 6.30. The average Bonchev–Trinajstić information content (AvgIpc) is 3.19. The van der Waals surface area contributed by atoms with Gasteiger partial charge in [0.1, 0.15) is 17.2 Å². The maximum atomic E-state index is 13.6. The number of benzene rings is 2. The molecule has 3 N–H and O–H groups in total. The van der Waals surface area contributed by atoms with E-state index in [1.165, 1.54) is 18.5 Å². The highest BCUT2D eigenvalue weighted by Crippen LogP contribution is 2.38. The van der Waals surface area contributed by atoms with Crippen LogP contribution in [0, 0.1) is 5.95 Å². The standard InChI is InChI=1S/C26H22ClFN6O2/c1-29-25(35)22-14-18(8-10-30-22)36-17-4-6-23-21(13-17)33-26(34(23)2)32-16-3-5-20(27)19(12-16)15-7-9-31-24(28)11-15/h3-14,26,32-33H,1-2H3,(H,29,35). The van der Waals surface area contributed by atoms with Crippen molar-refractivity contribution in [2.24, 2.45) is 0 Å². The largest absolute Gasteiger partial charge is 0.457 e. The lowest BCUT2D eigenvalue weighted by atomic mass is 10.1. The van der Waals surface area contributed by atoms with Crippen LogP contribution in [-0.4, -0.2) is 36.3 Å². The fourth-order valence-corrected chi connectivity index (χ4v) is 4.17. The van der Waals surface area contributed by atoms with E-state index in [1.54, 1.807) is 31.3 Å². The summed E-state index contributed by atoms with van der Waals surface area (Å²) in [5.74, 6) is 0.263. The molecule has 0 aliphatic carbocycles. The van der Waals surface area contributed by atoms with Crippen molar-refractivity contribution in [1.29, 1.82) is 0 Å². The van der Waals surface area contributed by atoms with Crippen molar-refractivity contribution in [3.63, 3.8) is 0 Å². The maximum absolute atomic E-state index is 13.6. The van der Waals surface area contributed by atoms with Crippen LogP contribution in [0.25, 0.3) is 11.1 Å². The number of halogens is 2. The molecule has 10 heteroatoms. The maximum Gasteiger partial charge on any atom is 0.269 e. The molecule has 1 aliphatic rings. The van der Waals surface area contributed by atoms with Crippen molar-refractivity contribution in [2.45, 2.75) is 6.29 Å². The number of carbonyl (C=O) groups excluding carboxylic acids is 1. The van der Waals surface area contributed by atoms with Crippen LogP contribution in [0.5, 0.6) is 11.5 Å². The van der Waals surface area contributed by atoms with Crippen molar-refractivity contribution in [3.05, 3.63) is 89.7 Å². The van der Waals surface area contributed by atoms with Crippen molar-refractivity contribution in [3.8, 4) is 22.6 Å². The van der Waals surface area contributed by atoms with Crippen LogP contribution < -0.4 is 25.6 Å². The predicted molar refractivity (Wildman–Crippen MR) is 138 cm³/mol. The third kappa shape index (κ3) is 4.73. The number of hydrogen-bond donors (Lipinski definition) is 3. The molecule has 0 radical (unpaired) electrons. The smallest absolute Gasteiger partial charge is 0.269 e. The molecule has 1 aliphatic heterocycles. The molecule has 2 aromatic carbocycles. The summed E-state index contributed by atoms with van der Waals surface area (Å²) in [5.41, 5.74) is 4.27. The summed E-state index contributed by atoms with van der Waals surface area (Å²) in [7, 11) is 3.51. The Morgan fingerprint density at radius 2 is 1.86 bits per heavy atom. The quantitative estimate of drug-likeness (QED) is 0.305. The normalized spacial score (nSPS) is 14.1. The Morgan fingerprint density at radius 3 is 2.67 bits per heavy atom. The highest BCUT2D eigenvalue weighted by atomic mass is 35.5. The molecule has 1 atom stereocenters. The lowest BCUT2D eigenvalue weighted by Crippen LogP contribution is -2.39. The summed E-state index contributed by atoms with van der Waals surface area (Å²) in [6.45, 7) is 0. The number of rotatable bonds is 6. The Hall–Kier alpha value is -4.37. The molecule has 0 saturated carbocycles. The van der Waals surface area contributed by atoms with Crippen molar-refractivity contribution >= 4 is 34.6 Å². The summed E-state index contributed by atoms with van der Waals surface area (Å²) in [6, 6.07) is 17.5. The SMILES string of the molecule is CNC(=O)c1cc(Oc2ccc3c(c2)NC(Nc2ccc(Cl)c(-c4ccnc(F)c4)c2)N3C)ccn1. The molecule has 8 nitrogen and oxygen atoms in total. The summed E-state index contributed by atoms with van der Waals surface area (Å²) in [5, 5.41) is 9.94. The van der Waals surface area contributed by atoms with Crippen LogP contribution in [0.4, 0.5) is 21.5 Å². The molecule has 0 fully saturated rings. The molecular formula is C26H22ClFN6O2. The minimum atomic E-state index is -0.566. The molecule has 182 valence electrons. The van der Waals surface area contributed by atoms with Gasteiger partial charge in [-0.3, -0.25) is 9.78 Å². The second-order valence-corrected chi connectivity index (χ2v) is 8.51. The van der Waals surface area contributed by atoms with E-state index in [0.717, 1.165) is 17.1 Å². The zero-order valence-corrected chi connectivity index (χ0v) is 20.2. The monoisotopic (exact) mass is 504 g/mol. The number of fused-ring (bicyclic) bond motifs is 1. The van der Waals surface area contributed by atoms with E-state index in [1.807, 2.05) is 37.4 Å². The van der Waals surface area contributed by atoms with Crippen LogP contribution in [0.1, 0.15) is 10.5 Å². The van der Waals surface area contributed by atoms with Gasteiger partial charge in [0.2, 0.25) is 5.95 Å². The molecular weight excluding hydrogens is 483 g/mol. The number of amides is 1. The fourth-order valence-electron chi connectivity index (χ4n) is 3.95. The fraction of sp³-hybridized carbons (Fsp3) is 0.115. The number of carbonyl (C=O) groups is 1. The molecule has 0 bridgehead atoms. The van der Waals surface area contributed by atoms with Gasteiger partial charge in [-0.2, -0.15) is 4.39 Å². The summed E-state index contributed by atoms with van der Waals surface area (Å²) >= 11 is 6.38. The van der Waals surface area contributed by atoms with Gasteiger partial charge in [0.25, 0.3) is 5.91 Å². The van der Waals surface area contributed by atoms with Gasteiger partial charge in [-0.1, -0.05) is 11.6 Å². The lowest BCUT2D eigenvalue weighted by Gasteiger charge is -2.24. The Labute approximate surface area is 212 Å². The molecule has 0 spiro atoms. The van der Waals surface area contributed by atoms with Gasteiger partial charge in [-0.05, 0) is 48.0 Å². The van der Waals surface area contributed by atoms with E-state index in [0.29, 0.717) is 27.6 Å². The minimum absolute atomic E-state index is 0.251. The molecule has 3 heterocycles. The van der Waals surface area contributed by atoms with Crippen LogP contribution in [0.2, 0.25) is 5.02 Å². The minimum Gasteiger partial charge on any atom is -0.457 e. The first kappa shape index (κ1) is 23.4. The number of ether oxygens (including phenoxy) is 1. The third-order valence-corrected chi connectivity index (χ3v) is 6.09. The van der Waals surface area contributed by atoms with E-state index in [2.05, 4.69) is 30.8 Å². The van der Waals surface area contributed by atoms with Crippen LogP contribution in [0.3, 0.4) is 0 Å². The van der Waals surface area contributed by atoms with E-state index in [9.17, 15) is 9.18 Å². The molecule has 0 saturated heterocycles. The lowest BCUT2D eigenvalue weighted by molar-refractivity contribution is 0.0958. The van der Waals surface area contributed by atoms with Crippen molar-refractivity contribution < 1.29 is 13.9 Å². The van der Waals surface area contributed by atoms with Gasteiger partial charge in [-0.25, -0.2) is 4.98 Å². The number of aromatic nitrogens is 2. The molecule has 4 aromatic rings. The van der Waals surface area contributed by atoms with E-state index >= 15 is 0 Å². The summed E-state index contributed by atoms with van der Waals surface area (Å²) in [6.07, 6.45) is 2.69. The van der Waals surface area contributed by atoms with Gasteiger partial charge in [0.15, 0.2) is 6.29 Å². The van der Waals surface area contributed by atoms with Crippen LogP contribution in [0.15, 0.2) is 73.1 Å². The van der Waals surface area contributed by atoms with Gasteiger partial charge in [-0.15, -0.1) is 0 Å². The number of anilines is 3. The Bertz CT molecular complexity index is 1450. The average molecular weight is 505 g/mol. The molecule has 2 aromatic heterocycles. The Balaban J connectivity index is 1.33. The number of nitrogens with zero attached hydrogens (tertiary/aromatic N) is 3. The Morgan fingerprint density at radius 1 is 1.06 bits per heavy atom. The second-order valence-electron chi connectivity index (χ2n) is 8.10. The first-order chi connectivity index (χ1) is 17.4. The zero-order chi connectivity index (χ0) is 25.2. The van der Waals surface area contributed by atoms with E-state index in [-0.39, 0.29) is 17.9 Å². The van der Waals surface area contributed by atoms with Crippen molar-refractivity contribution in [2.75, 3.05) is 29.6 Å². The summed E-state index contributed by atoms with van der Waals surface area (Å²) in [4.78, 5) is 21.6. The van der Waals surface area contributed by atoms with Crippen LogP contribution in [-0.2, 0) is 0 Å². The topological polar surface area (TPSA) is 91.4 Å². The first-order valence-corrected chi connectivity index (χ1v) is 11.5. The molecule has 36 heavy (non-hydrogen) atoms. The van der Waals surface area contributed by atoms with E-state index < -0.39 is 5.95 Å². The molecule has 5 rings (SSSR count). The number of pyridine rings is 2. The highest BCUT2D eigenvalue weighted by Gasteiger charge is 2.26. The second kappa shape index (κ2) is 9.71. The third-order valence-electron chi connectivity index (χ3n) is 5.76. The molecule has 1 unspecified atom stereocenters. The van der Waals surface area contributed by atoms with Gasteiger partial charge in [0.05, 0.1) is 11.4 Å². The van der Waals surface area contributed by atoms with Gasteiger partial charge < -0.3 is 25.6 Å².